The van der Waals surface area contributed by atoms with E-state index in [1.54, 1.807) is 4.90 Å². The SMILES string of the molecule is CN1CCN(CC2CCCN2)C1=O. The molecule has 0 radical (unpaired) electrons. The average Bonchev–Trinajstić information content (AvgIpc) is 2.71. The monoisotopic (exact) mass is 183 g/mol. The molecule has 2 aliphatic rings. The fraction of sp³-hybridized carbons (Fsp3) is 0.889. The van der Waals surface area contributed by atoms with Crippen molar-refractivity contribution in [1.82, 2.24) is 15.1 Å². The largest absolute Gasteiger partial charge is 0.326 e. The Morgan fingerprint density at radius 1 is 1.54 bits per heavy atom. The van der Waals surface area contributed by atoms with Gasteiger partial charge in [0.1, 0.15) is 0 Å². The van der Waals surface area contributed by atoms with Crippen molar-refractivity contribution in [3.8, 4) is 0 Å². The maximum Gasteiger partial charge on any atom is 0.319 e. The van der Waals surface area contributed by atoms with E-state index >= 15 is 0 Å². The summed E-state index contributed by atoms with van der Waals surface area (Å²) in [7, 11) is 1.87. The summed E-state index contributed by atoms with van der Waals surface area (Å²) >= 11 is 0. The van der Waals surface area contributed by atoms with Crippen LogP contribution in [0, 0.1) is 0 Å². The van der Waals surface area contributed by atoms with E-state index in [-0.39, 0.29) is 6.03 Å². The summed E-state index contributed by atoms with van der Waals surface area (Å²) in [4.78, 5) is 15.3. The minimum absolute atomic E-state index is 0.189. The van der Waals surface area contributed by atoms with Crippen LogP contribution >= 0.6 is 0 Å². The number of carbonyl (C=O) groups is 1. The lowest BCUT2D eigenvalue weighted by Gasteiger charge is -2.20. The molecule has 0 aliphatic carbocycles. The third-order valence-electron chi connectivity index (χ3n) is 2.91. The van der Waals surface area contributed by atoms with Crippen molar-refractivity contribution in [2.75, 3.05) is 33.2 Å². The van der Waals surface area contributed by atoms with Crippen molar-refractivity contribution in [2.24, 2.45) is 0 Å². The van der Waals surface area contributed by atoms with E-state index in [4.69, 9.17) is 0 Å². The van der Waals surface area contributed by atoms with Gasteiger partial charge in [-0.05, 0) is 19.4 Å². The lowest BCUT2D eigenvalue weighted by atomic mass is 10.2. The molecular formula is C9H17N3O. The van der Waals surface area contributed by atoms with Gasteiger partial charge in [-0.2, -0.15) is 0 Å². The predicted molar refractivity (Wildman–Crippen MR) is 50.6 cm³/mol. The lowest BCUT2D eigenvalue weighted by Crippen LogP contribution is -2.39. The fourth-order valence-electron chi connectivity index (χ4n) is 2.05. The van der Waals surface area contributed by atoms with Crippen LogP contribution in [-0.2, 0) is 0 Å². The van der Waals surface area contributed by atoms with Crippen molar-refractivity contribution in [3.63, 3.8) is 0 Å². The molecule has 4 heteroatoms. The van der Waals surface area contributed by atoms with Gasteiger partial charge in [0.25, 0.3) is 0 Å². The molecule has 0 spiro atoms. The first-order chi connectivity index (χ1) is 6.27. The van der Waals surface area contributed by atoms with Gasteiger partial charge in [-0.25, -0.2) is 4.79 Å². The average molecular weight is 183 g/mol. The molecule has 13 heavy (non-hydrogen) atoms. The van der Waals surface area contributed by atoms with Crippen molar-refractivity contribution in [1.29, 1.82) is 0 Å². The highest BCUT2D eigenvalue weighted by atomic mass is 16.2. The highest BCUT2D eigenvalue weighted by Gasteiger charge is 2.28. The second kappa shape index (κ2) is 3.54. The minimum atomic E-state index is 0.189. The molecule has 2 fully saturated rings. The topological polar surface area (TPSA) is 35.6 Å². The molecule has 0 aromatic carbocycles. The van der Waals surface area contributed by atoms with Crippen LogP contribution in [-0.4, -0.2) is 55.1 Å². The Hall–Kier alpha value is -0.770. The van der Waals surface area contributed by atoms with Gasteiger partial charge in [-0.15, -0.1) is 0 Å². The molecule has 0 bridgehead atoms. The standard InChI is InChI=1S/C9H17N3O/c1-11-5-6-12(9(11)13)7-8-3-2-4-10-8/h8,10H,2-7H2,1H3. The van der Waals surface area contributed by atoms with Gasteiger partial charge in [-0.1, -0.05) is 0 Å². The molecule has 0 aromatic heterocycles. The summed E-state index contributed by atoms with van der Waals surface area (Å²) < 4.78 is 0. The smallest absolute Gasteiger partial charge is 0.319 e. The Bertz CT molecular complexity index is 201. The maximum absolute atomic E-state index is 11.5. The van der Waals surface area contributed by atoms with Crippen molar-refractivity contribution in [2.45, 2.75) is 18.9 Å². The summed E-state index contributed by atoms with van der Waals surface area (Å²) in [6.07, 6.45) is 2.47. The number of amides is 2. The van der Waals surface area contributed by atoms with Crippen LogP contribution in [0.3, 0.4) is 0 Å². The Labute approximate surface area is 78.9 Å². The first kappa shape index (κ1) is 8.81. The van der Waals surface area contributed by atoms with Crippen LogP contribution in [0.4, 0.5) is 4.79 Å². The first-order valence-corrected chi connectivity index (χ1v) is 5.01. The molecule has 0 saturated carbocycles. The maximum atomic E-state index is 11.5. The van der Waals surface area contributed by atoms with Crippen LogP contribution < -0.4 is 5.32 Å². The zero-order chi connectivity index (χ0) is 9.26. The van der Waals surface area contributed by atoms with E-state index in [0.29, 0.717) is 6.04 Å². The van der Waals surface area contributed by atoms with E-state index in [2.05, 4.69) is 5.32 Å². The minimum Gasteiger partial charge on any atom is -0.326 e. The Balaban J connectivity index is 1.84. The Morgan fingerprint density at radius 3 is 2.92 bits per heavy atom. The van der Waals surface area contributed by atoms with Crippen molar-refractivity contribution in [3.05, 3.63) is 0 Å². The van der Waals surface area contributed by atoms with Gasteiger partial charge in [0.05, 0.1) is 0 Å². The number of hydrogen-bond donors (Lipinski definition) is 1. The van der Waals surface area contributed by atoms with Crippen molar-refractivity contribution >= 4 is 6.03 Å². The molecule has 1 N–H and O–H groups in total. The fourth-order valence-corrected chi connectivity index (χ4v) is 2.05. The summed E-state index contributed by atoms with van der Waals surface area (Å²) in [5.41, 5.74) is 0. The highest BCUT2D eigenvalue weighted by molar-refractivity contribution is 5.76. The van der Waals surface area contributed by atoms with Crippen LogP contribution in [0.2, 0.25) is 0 Å². The summed E-state index contributed by atoms with van der Waals surface area (Å²) in [5.74, 6) is 0. The van der Waals surface area contributed by atoms with Gasteiger partial charge in [0.2, 0.25) is 0 Å². The zero-order valence-electron chi connectivity index (χ0n) is 8.12. The number of hydrogen-bond acceptors (Lipinski definition) is 2. The molecular weight excluding hydrogens is 166 g/mol. The molecule has 2 saturated heterocycles. The number of nitrogens with zero attached hydrogens (tertiary/aromatic N) is 2. The first-order valence-electron chi connectivity index (χ1n) is 5.01. The second-order valence-electron chi connectivity index (χ2n) is 3.94. The molecule has 1 unspecified atom stereocenters. The summed E-state index contributed by atoms with van der Waals surface area (Å²) in [6, 6.07) is 0.726. The van der Waals surface area contributed by atoms with Gasteiger partial charge in [0.15, 0.2) is 0 Å². The van der Waals surface area contributed by atoms with E-state index in [0.717, 1.165) is 26.2 Å². The number of likely N-dealkylation sites (N-methyl/N-ethyl adjacent to an activating group) is 1. The quantitative estimate of drug-likeness (QED) is 0.659. The van der Waals surface area contributed by atoms with Gasteiger partial charge in [-0.3, -0.25) is 0 Å². The molecule has 1 atom stereocenters. The second-order valence-corrected chi connectivity index (χ2v) is 3.94. The predicted octanol–water partition coefficient (Wildman–Crippen LogP) is 0.106. The number of nitrogens with one attached hydrogen (secondary N) is 1. The van der Waals surface area contributed by atoms with E-state index in [1.807, 2.05) is 11.9 Å². The third-order valence-corrected chi connectivity index (χ3v) is 2.91. The van der Waals surface area contributed by atoms with E-state index < -0.39 is 0 Å². The summed E-state index contributed by atoms with van der Waals surface area (Å²) in [6.45, 7) is 3.78. The van der Waals surface area contributed by atoms with Crippen LogP contribution in [0.5, 0.6) is 0 Å². The van der Waals surface area contributed by atoms with Crippen molar-refractivity contribution < 1.29 is 4.79 Å². The van der Waals surface area contributed by atoms with E-state index in [1.165, 1.54) is 12.8 Å². The van der Waals surface area contributed by atoms with Crippen LogP contribution in [0.25, 0.3) is 0 Å². The van der Waals surface area contributed by atoms with Crippen LogP contribution in [0.1, 0.15) is 12.8 Å². The lowest BCUT2D eigenvalue weighted by molar-refractivity contribution is 0.195. The number of rotatable bonds is 2. The molecule has 2 rings (SSSR count). The van der Waals surface area contributed by atoms with Gasteiger partial charge in [0, 0.05) is 32.7 Å². The summed E-state index contributed by atoms with van der Waals surface area (Å²) in [5, 5.41) is 3.41. The molecule has 74 valence electrons. The molecule has 4 nitrogen and oxygen atoms in total. The molecule has 0 aromatic rings. The van der Waals surface area contributed by atoms with Gasteiger partial charge >= 0.3 is 6.03 Å². The molecule has 2 aliphatic heterocycles. The van der Waals surface area contributed by atoms with E-state index in [9.17, 15) is 4.79 Å². The number of carbonyl (C=O) groups excluding carboxylic acids is 1. The van der Waals surface area contributed by atoms with Crippen LogP contribution in [0.15, 0.2) is 0 Å². The molecule has 2 heterocycles. The number of urea groups is 1. The highest BCUT2D eigenvalue weighted by Crippen LogP contribution is 2.11. The van der Waals surface area contributed by atoms with Gasteiger partial charge < -0.3 is 15.1 Å². The molecule has 2 amide bonds. The third kappa shape index (κ3) is 1.77. The zero-order valence-corrected chi connectivity index (χ0v) is 8.12. The normalized spacial score (nSPS) is 29.0. The Morgan fingerprint density at radius 2 is 2.38 bits per heavy atom. The Kier molecular flexibility index (Phi) is 2.40.